The van der Waals surface area contributed by atoms with Crippen molar-refractivity contribution in [3.05, 3.63) is 51.7 Å². The Morgan fingerprint density at radius 1 is 1.37 bits per heavy atom. The highest BCUT2D eigenvalue weighted by Crippen LogP contribution is 2.28. The van der Waals surface area contributed by atoms with Gasteiger partial charge < -0.3 is 10.2 Å². The van der Waals surface area contributed by atoms with Crippen LogP contribution in [0.5, 0.6) is 0 Å². The van der Waals surface area contributed by atoms with Crippen molar-refractivity contribution in [2.75, 3.05) is 6.54 Å². The molecule has 1 aromatic carbocycles. The number of hydrogen-bond acceptors (Lipinski definition) is 5. The topological polar surface area (TPSA) is 63.6 Å². The molecule has 144 valence electrons. The average Bonchev–Trinajstić information content (AvgIpc) is 3.23. The summed E-state index contributed by atoms with van der Waals surface area (Å²) in [5.74, 6) is -0.631. The monoisotopic (exact) mass is 389 g/mol. The lowest BCUT2D eigenvalue weighted by Gasteiger charge is -2.20. The molecule has 2 heterocycles. The van der Waals surface area contributed by atoms with Gasteiger partial charge in [0.2, 0.25) is 5.60 Å². The number of thiazole rings is 1. The van der Waals surface area contributed by atoms with Crippen molar-refractivity contribution in [2.45, 2.75) is 51.6 Å². The maximum absolute atomic E-state index is 13.9. The quantitative estimate of drug-likeness (QED) is 0.845. The van der Waals surface area contributed by atoms with Crippen LogP contribution in [0.1, 0.15) is 50.4 Å². The molecule has 5 nitrogen and oxygen atoms in total. The molecule has 1 N–H and O–H groups in total. The largest absolute Gasteiger partial charge is 0.379 e. The number of benzene rings is 1. The zero-order valence-corrected chi connectivity index (χ0v) is 16.8. The molecule has 1 aromatic heterocycles. The SMILES string of the molecule is CC(C)(C)c1csc(CCNC(=O)[C@]2(C)CC(c3ccccc3F)=NO2)n1. The number of hydrogen-bond donors (Lipinski definition) is 1. The standard InChI is InChI=1S/C20H24FN3O2S/c1-19(2,3)16-12-27-17(23-16)9-10-22-18(25)20(4)11-15(24-26-20)13-7-5-6-8-14(13)21/h5-8,12H,9-11H2,1-4H3,(H,22,25)/t20-/m0/s1. The number of aromatic nitrogens is 1. The van der Waals surface area contributed by atoms with Crippen LogP contribution >= 0.6 is 11.3 Å². The smallest absolute Gasteiger partial charge is 0.267 e. The van der Waals surface area contributed by atoms with Crippen molar-refractivity contribution < 1.29 is 14.0 Å². The van der Waals surface area contributed by atoms with Gasteiger partial charge in [-0.1, -0.05) is 44.1 Å². The van der Waals surface area contributed by atoms with E-state index >= 15 is 0 Å². The van der Waals surface area contributed by atoms with Crippen LogP contribution in [0.15, 0.2) is 34.8 Å². The van der Waals surface area contributed by atoms with Crippen LogP contribution in [-0.4, -0.2) is 28.7 Å². The molecule has 0 saturated heterocycles. The molecule has 0 bridgehead atoms. The van der Waals surface area contributed by atoms with Gasteiger partial charge in [-0.05, 0) is 13.0 Å². The summed E-state index contributed by atoms with van der Waals surface area (Å²) in [5.41, 5.74) is 0.760. The van der Waals surface area contributed by atoms with Crippen molar-refractivity contribution in [2.24, 2.45) is 5.16 Å². The Hall–Kier alpha value is -2.28. The predicted molar refractivity (Wildman–Crippen MR) is 105 cm³/mol. The van der Waals surface area contributed by atoms with E-state index in [2.05, 4.69) is 41.6 Å². The van der Waals surface area contributed by atoms with Crippen molar-refractivity contribution in [1.82, 2.24) is 10.3 Å². The first-order chi connectivity index (χ1) is 12.7. The minimum atomic E-state index is -1.13. The van der Waals surface area contributed by atoms with E-state index in [-0.39, 0.29) is 23.6 Å². The summed E-state index contributed by atoms with van der Waals surface area (Å²) in [6, 6.07) is 6.35. The molecular formula is C20H24FN3O2S. The van der Waals surface area contributed by atoms with Crippen molar-refractivity contribution in [3.63, 3.8) is 0 Å². The molecule has 0 spiro atoms. The second kappa shape index (κ2) is 7.38. The number of oxime groups is 1. The summed E-state index contributed by atoms with van der Waals surface area (Å²) in [5, 5.41) is 9.88. The van der Waals surface area contributed by atoms with Gasteiger partial charge in [-0.2, -0.15) is 0 Å². The fourth-order valence-corrected chi connectivity index (χ4v) is 3.77. The van der Waals surface area contributed by atoms with Crippen LogP contribution in [0.4, 0.5) is 4.39 Å². The van der Waals surface area contributed by atoms with Crippen molar-refractivity contribution in [1.29, 1.82) is 0 Å². The van der Waals surface area contributed by atoms with Gasteiger partial charge in [0.25, 0.3) is 5.91 Å². The zero-order chi connectivity index (χ0) is 19.7. The van der Waals surface area contributed by atoms with E-state index in [1.165, 1.54) is 6.07 Å². The van der Waals surface area contributed by atoms with Gasteiger partial charge in [0.05, 0.1) is 16.4 Å². The molecule has 0 saturated carbocycles. The van der Waals surface area contributed by atoms with Crippen LogP contribution in [0.2, 0.25) is 0 Å². The molecule has 0 aliphatic carbocycles. The number of carbonyl (C=O) groups is 1. The maximum Gasteiger partial charge on any atom is 0.267 e. The lowest BCUT2D eigenvalue weighted by molar-refractivity contribution is -0.141. The highest BCUT2D eigenvalue weighted by atomic mass is 32.1. The number of amides is 1. The van der Waals surface area contributed by atoms with E-state index in [4.69, 9.17) is 4.84 Å². The molecule has 7 heteroatoms. The number of rotatable bonds is 5. The summed E-state index contributed by atoms with van der Waals surface area (Å²) >= 11 is 1.60. The fourth-order valence-electron chi connectivity index (χ4n) is 2.74. The molecule has 3 rings (SSSR count). The third-order valence-corrected chi connectivity index (χ3v) is 5.38. The van der Waals surface area contributed by atoms with Crippen molar-refractivity contribution >= 4 is 23.0 Å². The third kappa shape index (κ3) is 4.35. The third-order valence-electron chi connectivity index (χ3n) is 4.47. The fraction of sp³-hybridized carbons (Fsp3) is 0.450. The molecule has 27 heavy (non-hydrogen) atoms. The van der Waals surface area contributed by atoms with E-state index < -0.39 is 5.60 Å². The first-order valence-corrected chi connectivity index (χ1v) is 9.80. The Morgan fingerprint density at radius 3 is 2.78 bits per heavy atom. The van der Waals surface area contributed by atoms with Gasteiger partial charge in [0.15, 0.2) is 0 Å². The first-order valence-electron chi connectivity index (χ1n) is 8.92. The Morgan fingerprint density at radius 2 is 2.11 bits per heavy atom. The van der Waals surface area contributed by atoms with E-state index in [0.29, 0.717) is 24.2 Å². The number of nitrogens with one attached hydrogen (secondary N) is 1. The second-order valence-corrected chi connectivity index (χ2v) is 8.84. The van der Waals surface area contributed by atoms with Gasteiger partial charge in [0, 0.05) is 35.7 Å². The van der Waals surface area contributed by atoms with E-state index in [9.17, 15) is 9.18 Å². The Kier molecular flexibility index (Phi) is 5.33. The number of carbonyl (C=O) groups excluding carboxylic acids is 1. The van der Waals surface area contributed by atoms with Crippen LogP contribution in [-0.2, 0) is 21.5 Å². The van der Waals surface area contributed by atoms with Crippen LogP contribution in [0.25, 0.3) is 0 Å². The van der Waals surface area contributed by atoms with Gasteiger partial charge in [-0.15, -0.1) is 11.3 Å². The van der Waals surface area contributed by atoms with E-state index in [0.717, 1.165) is 10.7 Å². The maximum atomic E-state index is 13.9. The molecule has 0 unspecified atom stereocenters. The minimum absolute atomic E-state index is 0.0175. The average molecular weight is 389 g/mol. The lowest BCUT2D eigenvalue weighted by Crippen LogP contribution is -2.45. The van der Waals surface area contributed by atoms with Crippen molar-refractivity contribution in [3.8, 4) is 0 Å². The first kappa shape index (κ1) is 19.5. The zero-order valence-electron chi connectivity index (χ0n) is 16.0. The summed E-state index contributed by atoms with van der Waals surface area (Å²) < 4.78 is 13.9. The Bertz CT molecular complexity index is 872. The molecule has 1 aliphatic rings. The van der Waals surface area contributed by atoms with Gasteiger partial charge in [0.1, 0.15) is 5.82 Å². The molecule has 1 atom stereocenters. The second-order valence-electron chi connectivity index (χ2n) is 7.90. The molecule has 1 aliphatic heterocycles. The molecular weight excluding hydrogens is 365 g/mol. The van der Waals surface area contributed by atoms with Gasteiger partial charge in [-0.3, -0.25) is 4.79 Å². The van der Waals surface area contributed by atoms with Crippen LogP contribution in [0.3, 0.4) is 0 Å². The summed E-state index contributed by atoms with van der Waals surface area (Å²) in [4.78, 5) is 22.6. The highest BCUT2D eigenvalue weighted by Gasteiger charge is 2.42. The Balaban J connectivity index is 1.54. The van der Waals surface area contributed by atoms with Gasteiger partial charge >= 0.3 is 0 Å². The summed E-state index contributed by atoms with van der Waals surface area (Å²) in [6.07, 6.45) is 0.884. The Labute approximate surface area is 162 Å². The van der Waals surface area contributed by atoms with E-state index in [1.807, 2.05) is 0 Å². The van der Waals surface area contributed by atoms with Crippen LogP contribution < -0.4 is 5.32 Å². The molecule has 0 fully saturated rings. The predicted octanol–water partition coefficient (Wildman–Crippen LogP) is 3.82. The minimum Gasteiger partial charge on any atom is -0.379 e. The molecule has 0 radical (unpaired) electrons. The number of halogens is 1. The molecule has 1 amide bonds. The van der Waals surface area contributed by atoms with Crippen LogP contribution in [0, 0.1) is 5.82 Å². The summed E-state index contributed by atoms with van der Waals surface area (Å²) in [7, 11) is 0. The number of nitrogens with zero attached hydrogens (tertiary/aromatic N) is 2. The normalized spacial score (nSPS) is 19.5. The molecule has 2 aromatic rings. The highest BCUT2D eigenvalue weighted by molar-refractivity contribution is 7.09. The van der Waals surface area contributed by atoms with Gasteiger partial charge in [-0.25, -0.2) is 9.37 Å². The van der Waals surface area contributed by atoms with E-state index in [1.54, 1.807) is 36.5 Å². The summed E-state index contributed by atoms with van der Waals surface area (Å²) in [6.45, 7) is 8.50. The lowest BCUT2D eigenvalue weighted by atomic mass is 9.93.